The quantitative estimate of drug-likeness (QED) is 0.738. The molecule has 0 unspecified atom stereocenters. The number of carbonyl (C=O) groups is 2. The van der Waals surface area contributed by atoms with Crippen LogP contribution in [-0.4, -0.2) is 18.0 Å². The Labute approximate surface area is 100 Å². The van der Waals surface area contributed by atoms with Crippen LogP contribution in [0.1, 0.15) is 18.1 Å². The fraction of sp³-hybridized carbons (Fsp3) is 0.333. The highest BCUT2D eigenvalue weighted by atomic mass is 16.2. The van der Waals surface area contributed by atoms with Gasteiger partial charge in [0.1, 0.15) is 6.04 Å². The highest BCUT2D eigenvalue weighted by molar-refractivity contribution is 5.97. The molecule has 4 N–H and O–H groups in total. The van der Waals surface area contributed by atoms with Crippen LogP contribution in [0.25, 0.3) is 0 Å². The summed E-state index contributed by atoms with van der Waals surface area (Å²) in [6, 6.07) is 4.54. The van der Waals surface area contributed by atoms with E-state index in [4.69, 9.17) is 5.73 Å². The van der Waals surface area contributed by atoms with Gasteiger partial charge in [-0.05, 0) is 44.0 Å². The van der Waals surface area contributed by atoms with Crippen LogP contribution in [-0.2, 0) is 4.79 Å². The number of carbonyl (C=O) groups excluding carboxylic acids is 2. The fourth-order valence-corrected chi connectivity index (χ4v) is 1.60. The first-order valence-corrected chi connectivity index (χ1v) is 5.33. The van der Waals surface area contributed by atoms with Crippen molar-refractivity contribution in [3.05, 3.63) is 29.3 Å². The van der Waals surface area contributed by atoms with E-state index in [1.54, 1.807) is 6.92 Å². The van der Waals surface area contributed by atoms with E-state index in [1.165, 1.54) is 0 Å². The molecule has 1 atom stereocenters. The van der Waals surface area contributed by atoms with Crippen molar-refractivity contribution in [2.24, 2.45) is 5.73 Å². The predicted molar refractivity (Wildman–Crippen MR) is 66.7 cm³/mol. The van der Waals surface area contributed by atoms with Crippen molar-refractivity contribution in [3.8, 4) is 0 Å². The maximum absolute atomic E-state index is 11.5. The van der Waals surface area contributed by atoms with E-state index in [-0.39, 0.29) is 0 Å². The highest BCUT2D eigenvalue weighted by Gasteiger charge is 2.14. The normalized spacial score (nSPS) is 11.7. The zero-order valence-corrected chi connectivity index (χ0v) is 10.2. The number of benzene rings is 1. The summed E-state index contributed by atoms with van der Waals surface area (Å²) in [6.07, 6.45) is 0. The van der Waals surface area contributed by atoms with Crippen molar-refractivity contribution < 1.29 is 9.59 Å². The van der Waals surface area contributed by atoms with Crippen LogP contribution in [0.4, 0.5) is 10.5 Å². The van der Waals surface area contributed by atoms with Gasteiger partial charge < -0.3 is 11.1 Å². The lowest BCUT2D eigenvalue weighted by Crippen LogP contribution is -2.43. The van der Waals surface area contributed by atoms with Gasteiger partial charge in [-0.25, -0.2) is 4.79 Å². The molecule has 1 aromatic carbocycles. The van der Waals surface area contributed by atoms with Crippen molar-refractivity contribution in [1.29, 1.82) is 0 Å². The minimum atomic E-state index is -0.843. The third-order valence-corrected chi connectivity index (χ3v) is 2.24. The fourth-order valence-electron chi connectivity index (χ4n) is 1.60. The molecule has 0 aliphatic heterocycles. The van der Waals surface area contributed by atoms with E-state index >= 15 is 0 Å². The van der Waals surface area contributed by atoms with E-state index in [1.807, 2.05) is 37.4 Å². The first-order chi connectivity index (χ1) is 7.88. The molecular formula is C12H17N3O2. The monoisotopic (exact) mass is 235 g/mol. The van der Waals surface area contributed by atoms with Crippen LogP contribution in [0.5, 0.6) is 0 Å². The number of hydrogen-bond acceptors (Lipinski definition) is 3. The second-order valence-electron chi connectivity index (χ2n) is 4.10. The van der Waals surface area contributed by atoms with Gasteiger partial charge in [0.15, 0.2) is 0 Å². The Bertz CT molecular complexity index is 423. The Morgan fingerprint density at radius 3 is 2.18 bits per heavy atom. The SMILES string of the molecule is Cc1cc(C)cc(N[C@@H](C)C(=O)NC(N)=O)c1. The third-order valence-electron chi connectivity index (χ3n) is 2.24. The average Bonchev–Trinajstić information content (AvgIpc) is 2.14. The number of nitrogens with two attached hydrogens (primary N) is 1. The van der Waals surface area contributed by atoms with Gasteiger partial charge in [0, 0.05) is 5.69 Å². The van der Waals surface area contributed by atoms with Crippen LogP contribution < -0.4 is 16.4 Å². The van der Waals surface area contributed by atoms with Crippen molar-refractivity contribution in [2.75, 3.05) is 5.32 Å². The van der Waals surface area contributed by atoms with E-state index < -0.39 is 18.0 Å². The van der Waals surface area contributed by atoms with Crippen LogP contribution in [0.2, 0.25) is 0 Å². The van der Waals surface area contributed by atoms with Gasteiger partial charge in [-0.3, -0.25) is 10.1 Å². The molecule has 0 aliphatic rings. The molecule has 1 rings (SSSR count). The maximum Gasteiger partial charge on any atom is 0.318 e. The van der Waals surface area contributed by atoms with Crippen molar-refractivity contribution in [2.45, 2.75) is 26.8 Å². The standard InChI is InChI=1S/C12H17N3O2/c1-7-4-8(2)6-10(5-7)14-9(3)11(16)15-12(13)17/h4-6,9,14H,1-3H3,(H3,13,15,16,17)/t9-/m0/s1. The average molecular weight is 235 g/mol. The Hall–Kier alpha value is -2.04. The molecule has 0 aliphatic carbocycles. The molecule has 0 heterocycles. The maximum atomic E-state index is 11.5. The van der Waals surface area contributed by atoms with Gasteiger partial charge in [0.05, 0.1) is 0 Å². The zero-order valence-electron chi connectivity index (χ0n) is 10.2. The minimum absolute atomic E-state index is 0.448. The number of imide groups is 1. The summed E-state index contributed by atoms with van der Waals surface area (Å²) in [7, 11) is 0. The summed E-state index contributed by atoms with van der Waals surface area (Å²) < 4.78 is 0. The summed E-state index contributed by atoms with van der Waals surface area (Å²) in [5, 5.41) is 5.04. The molecule has 1 aromatic rings. The van der Waals surface area contributed by atoms with E-state index in [9.17, 15) is 9.59 Å². The Balaban J connectivity index is 2.70. The number of amides is 3. The molecule has 0 saturated heterocycles. The number of urea groups is 1. The smallest absolute Gasteiger partial charge is 0.318 e. The van der Waals surface area contributed by atoms with Crippen LogP contribution >= 0.6 is 0 Å². The summed E-state index contributed by atoms with van der Waals surface area (Å²) in [5.74, 6) is -0.448. The van der Waals surface area contributed by atoms with E-state index in [0.717, 1.165) is 16.8 Å². The largest absolute Gasteiger partial charge is 0.374 e. The number of primary amides is 1. The minimum Gasteiger partial charge on any atom is -0.374 e. The molecule has 5 nitrogen and oxygen atoms in total. The Morgan fingerprint density at radius 1 is 1.18 bits per heavy atom. The van der Waals surface area contributed by atoms with Gasteiger partial charge in [0.2, 0.25) is 5.91 Å². The van der Waals surface area contributed by atoms with Gasteiger partial charge in [0.25, 0.3) is 0 Å². The van der Waals surface area contributed by atoms with Gasteiger partial charge in [-0.2, -0.15) is 0 Å². The summed E-state index contributed by atoms with van der Waals surface area (Å²) in [4.78, 5) is 22.0. The van der Waals surface area contributed by atoms with E-state index in [0.29, 0.717) is 0 Å². The predicted octanol–water partition coefficient (Wildman–Crippen LogP) is 1.30. The second-order valence-corrected chi connectivity index (χ2v) is 4.10. The molecule has 0 saturated carbocycles. The van der Waals surface area contributed by atoms with Crippen molar-refractivity contribution in [3.63, 3.8) is 0 Å². The van der Waals surface area contributed by atoms with Crippen molar-refractivity contribution >= 4 is 17.6 Å². The van der Waals surface area contributed by atoms with Gasteiger partial charge in [-0.15, -0.1) is 0 Å². The van der Waals surface area contributed by atoms with Crippen LogP contribution in [0.15, 0.2) is 18.2 Å². The number of aryl methyl sites for hydroxylation is 2. The molecule has 5 heteroatoms. The lowest BCUT2D eigenvalue weighted by Gasteiger charge is -2.15. The zero-order chi connectivity index (χ0) is 13.0. The number of anilines is 1. The first kappa shape index (κ1) is 13.0. The lowest BCUT2D eigenvalue weighted by atomic mass is 10.1. The summed E-state index contributed by atoms with van der Waals surface area (Å²) >= 11 is 0. The lowest BCUT2D eigenvalue weighted by molar-refractivity contribution is -0.120. The van der Waals surface area contributed by atoms with Crippen molar-refractivity contribution in [1.82, 2.24) is 5.32 Å². The second kappa shape index (κ2) is 5.34. The molecule has 0 radical (unpaired) electrons. The topological polar surface area (TPSA) is 84.2 Å². The number of rotatable bonds is 3. The van der Waals surface area contributed by atoms with Crippen LogP contribution in [0, 0.1) is 13.8 Å². The molecule has 0 spiro atoms. The molecule has 17 heavy (non-hydrogen) atoms. The number of nitrogens with one attached hydrogen (secondary N) is 2. The first-order valence-electron chi connectivity index (χ1n) is 5.33. The summed E-state index contributed by atoms with van der Waals surface area (Å²) in [5.41, 5.74) is 7.93. The molecule has 0 fully saturated rings. The number of hydrogen-bond donors (Lipinski definition) is 3. The molecule has 0 bridgehead atoms. The molecule has 0 aromatic heterocycles. The van der Waals surface area contributed by atoms with Gasteiger partial charge >= 0.3 is 6.03 Å². The Morgan fingerprint density at radius 2 is 1.71 bits per heavy atom. The third kappa shape index (κ3) is 4.14. The van der Waals surface area contributed by atoms with E-state index in [2.05, 4.69) is 5.32 Å². The summed E-state index contributed by atoms with van der Waals surface area (Å²) in [6.45, 7) is 5.62. The van der Waals surface area contributed by atoms with Crippen LogP contribution in [0.3, 0.4) is 0 Å². The molecular weight excluding hydrogens is 218 g/mol. The molecule has 92 valence electrons. The van der Waals surface area contributed by atoms with Gasteiger partial charge in [-0.1, -0.05) is 6.07 Å². The Kier molecular flexibility index (Phi) is 4.09. The molecule has 3 amide bonds. The highest BCUT2D eigenvalue weighted by Crippen LogP contribution is 2.14.